The van der Waals surface area contributed by atoms with E-state index < -0.39 is 0 Å². The number of ketones is 1. The van der Waals surface area contributed by atoms with Crippen molar-refractivity contribution in [3.05, 3.63) is 29.8 Å². The molecule has 2 N–H and O–H groups in total. The van der Waals surface area contributed by atoms with Crippen molar-refractivity contribution in [1.82, 2.24) is 0 Å². The van der Waals surface area contributed by atoms with E-state index in [1.807, 2.05) is 6.92 Å². The van der Waals surface area contributed by atoms with Crippen LogP contribution in [0, 0.1) is 6.07 Å². The monoisotopic (exact) mass is 148 g/mol. The fourth-order valence-corrected chi connectivity index (χ4v) is 0.863. The zero-order valence-electron chi connectivity index (χ0n) is 6.42. The Morgan fingerprint density at radius 3 is 3.00 bits per heavy atom. The third-order valence-corrected chi connectivity index (χ3v) is 1.47. The molecule has 1 rings (SSSR count). The molecule has 0 saturated heterocycles. The number of hydrogen-bond donors (Lipinski definition) is 1. The van der Waals surface area contributed by atoms with Crippen LogP contribution in [0.1, 0.15) is 23.7 Å². The van der Waals surface area contributed by atoms with Gasteiger partial charge in [-0.1, -0.05) is 19.1 Å². The summed E-state index contributed by atoms with van der Waals surface area (Å²) < 4.78 is 0. The Hall–Kier alpha value is -1.31. The normalized spacial score (nSPS) is 9.55. The first-order valence-corrected chi connectivity index (χ1v) is 3.54. The van der Waals surface area contributed by atoms with Gasteiger partial charge < -0.3 is 5.73 Å². The van der Waals surface area contributed by atoms with Crippen molar-refractivity contribution < 1.29 is 4.79 Å². The molecule has 0 aliphatic heterocycles. The van der Waals surface area contributed by atoms with Gasteiger partial charge in [-0.3, -0.25) is 4.79 Å². The molecular formula is C9H10NO. The molecule has 1 radical (unpaired) electrons. The molecule has 0 saturated carbocycles. The molecule has 0 amide bonds. The van der Waals surface area contributed by atoms with E-state index in [1.54, 1.807) is 18.2 Å². The van der Waals surface area contributed by atoms with Gasteiger partial charge in [0.05, 0.1) is 0 Å². The molecule has 0 aromatic heterocycles. The molecular weight excluding hydrogens is 138 g/mol. The first kappa shape index (κ1) is 7.79. The van der Waals surface area contributed by atoms with Crippen LogP contribution in [0.2, 0.25) is 0 Å². The minimum absolute atomic E-state index is 0.116. The topological polar surface area (TPSA) is 43.1 Å². The number of rotatable bonds is 2. The van der Waals surface area contributed by atoms with E-state index in [4.69, 9.17) is 5.73 Å². The zero-order valence-corrected chi connectivity index (χ0v) is 6.42. The van der Waals surface area contributed by atoms with E-state index in [0.717, 1.165) is 0 Å². The van der Waals surface area contributed by atoms with Gasteiger partial charge >= 0.3 is 0 Å². The minimum atomic E-state index is 0.116. The van der Waals surface area contributed by atoms with Gasteiger partial charge in [-0.25, -0.2) is 0 Å². The molecule has 2 heteroatoms. The van der Waals surface area contributed by atoms with Gasteiger partial charge in [-0.15, -0.1) is 0 Å². The molecule has 0 bridgehead atoms. The number of benzene rings is 1. The highest BCUT2D eigenvalue weighted by molar-refractivity contribution is 5.96. The van der Waals surface area contributed by atoms with E-state index in [1.165, 1.54) is 0 Å². The summed E-state index contributed by atoms with van der Waals surface area (Å²) in [5, 5.41) is 0. The summed E-state index contributed by atoms with van der Waals surface area (Å²) in [6.07, 6.45) is 0.517. The van der Waals surface area contributed by atoms with Crippen LogP contribution >= 0.6 is 0 Å². The number of Topliss-reactive ketones (excluding diaryl/α,β-unsaturated/α-hetero) is 1. The van der Waals surface area contributed by atoms with Crippen molar-refractivity contribution in [2.24, 2.45) is 0 Å². The van der Waals surface area contributed by atoms with Crippen LogP contribution in [0.5, 0.6) is 0 Å². The van der Waals surface area contributed by atoms with E-state index >= 15 is 0 Å². The van der Waals surface area contributed by atoms with Crippen molar-refractivity contribution in [2.45, 2.75) is 13.3 Å². The number of nitrogen functional groups attached to an aromatic ring is 1. The van der Waals surface area contributed by atoms with Crippen molar-refractivity contribution in [3.8, 4) is 0 Å². The van der Waals surface area contributed by atoms with E-state index in [0.29, 0.717) is 17.7 Å². The van der Waals surface area contributed by atoms with Crippen LogP contribution < -0.4 is 5.73 Å². The van der Waals surface area contributed by atoms with Crippen LogP contribution in [-0.2, 0) is 0 Å². The number of anilines is 1. The Morgan fingerprint density at radius 2 is 2.45 bits per heavy atom. The van der Waals surface area contributed by atoms with Crippen LogP contribution in [0.4, 0.5) is 5.69 Å². The second kappa shape index (κ2) is 3.19. The van der Waals surface area contributed by atoms with E-state index in [-0.39, 0.29) is 5.78 Å². The second-order valence-corrected chi connectivity index (χ2v) is 2.31. The number of carbonyl (C=O) groups excluding carboxylic acids is 1. The molecule has 2 nitrogen and oxygen atoms in total. The molecule has 0 spiro atoms. The maximum atomic E-state index is 11.1. The van der Waals surface area contributed by atoms with Gasteiger partial charge in [0, 0.05) is 23.7 Å². The molecule has 0 unspecified atom stereocenters. The van der Waals surface area contributed by atoms with Crippen LogP contribution in [-0.4, -0.2) is 5.78 Å². The first-order chi connectivity index (χ1) is 5.24. The predicted octanol–water partition coefficient (Wildman–Crippen LogP) is 1.66. The van der Waals surface area contributed by atoms with Gasteiger partial charge in [0.1, 0.15) is 0 Å². The Kier molecular flexibility index (Phi) is 2.26. The maximum Gasteiger partial charge on any atom is 0.162 e. The van der Waals surface area contributed by atoms with Crippen LogP contribution in [0.15, 0.2) is 18.2 Å². The Labute approximate surface area is 66.0 Å². The lowest BCUT2D eigenvalue weighted by molar-refractivity contribution is 0.0988. The third-order valence-electron chi connectivity index (χ3n) is 1.47. The highest BCUT2D eigenvalue weighted by atomic mass is 16.1. The highest BCUT2D eigenvalue weighted by Gasteiger charge is 2.01. The Bertz CT molecular complexity index is 268. The molecule has 0 fully saturated rings. The third kappa shape index (κ3) is 1.80. The van der Waals surface area contributed by atoms with Crippen molar-refractivity contribution >= 4 is 11.5 Å². The van der Waals surface area contributed by atoms with Crippen molar-refractivity contribution in [2.75, 3.05) is 5.73 Å². The van der Waals surface area contributed by atoms with Crippen molar-refractivity contribution in [3.63, 3.8) is 0 Å². The largest absolute Gasteiger partial charge is 0.398 e. The summed E-state index contributed by atoms with van der Waals surface area (Å²) in [5.41, 5.74) is 6.63. The zero-order chi connectivity index (χ0) is 8.27. The standard InChI is InChI=1S/C9H10NO/c1-2-9(11)7-4-3-5-8(10)6-7/h3-4,6H,2,10H2,1H3. The van der Waals surface area contributed by atoms with Gasteiger partial charge in [-0.2, -0.15) is 0 Å². The summed E-state index contributed by atoms with van der Waals surface area (Å²) in [4.78, 5) is 11.1. The summed E-state index contributed by atoms with van der Waals surface area (Å²) in [6, 6.07) is 7.81. The first-order valence-electron chi connectivity index (χ1n) is 3.54. The molecule has 0 heterocycles. The highest BCUT2D eigenvalue weighted by Crippen LogP contribution is 2.07. The lowest BCUT2D eigenvalue weighted by atomic mass is 10.1. The molecule has 0 atom stereocenters. The maximum absolute atomic E-state index is 11.1. The average molecular weight is 148 g/mol. The molecule has 0 aliphatic carbocycles. The van der Waals surface area contributed by atoms with Gasteiger partial charge in [-0.05, 0) is 6.07 Å². The smallest absolute Gasteiger partial charge is 0.162 e. The summed E-state index contributed by atoms with van der Waals surface area (Å²) >= 11 is 0. The lowest BCUT2D eigenvalue weighted by Crippen LogP contribution is -1.97. The molecule has 57 valence electrons. The van der Waals surface area contributed by atoms with Gasteiger partial charge in [0.25, 0.3) is 0 Å². The summed E-state index contributed by atoms with van der Waals surface area (Å²) in [6.45, 7) is 1.83. The molecule has 0 aliphatic rings. The van der Waals surface area contributed by atoms with E-state index in [9.17, 15) is 4.79 Å². The SMILES string of the molecule is CCC(=O)c1cc[c]c(N)c1. The number of nitrogens with two attached hydrogens (primary N) is 1. The van der Waals surface area contributed by atoms with Crippen LogP contribution in [0.3, 0.4) is 0 Å². The molecule has 1 aromatic carbocycles. The Balaban J connectivity index is 2.96. The number of hydrogen-bond acceptors (Lipinski definition) is 2. The fourth-order valence-electron chi connectivity index (χ4n) is 0.863. The van der Waals surface area contributed by atoms with Gasteiger partial charge in [0.2, 0.25) is 0 Å². The lowest BCUT2D eigenvalue weighted by Gasteiger charge is -1.97. The fraction of sp³-hybridized carbons (Fsp3) is 0.222. The number of carbonyl (C=O) groups is 1. The van der Waals surface area contributed by atoms with E-state index in [2.05, 4.69) is 6.07 Å². The summed E-state index contributed by atoms with van der Waals surface area (Å²) in [5.74, 6) is 0.116. The second-order valence-electron chi connectivity index (χ2n) is 2.31. The summed E-state index contributed by atoms with van der Waals surface area (Å²) in [7, 11) is 0. The minimum Gasteiger partial charge on any atom is -0.398 e. The Morgan fingerprint density at radius 1 is 1.73 bits per heavy atom. The predicted molar refractivity (Wildman–Crippen MR) is 44.3 cm³/mol. The van der Waals surface area contributed by atoms with Gasteiger partial charge in [0.15, 0.2) is 5.78 Å². The molecule has 11 heavy (non-hydrogen) atoms. The quantitative estimate of drug-likeness (QED) is 0.512. The average Bonchev–Trinajstić information content (AvgIpc) is 2.03. The molecule has 1 aromatic rings. The van der Waals surface area contributed by atoms with Crippen LogP contribution in [0.25, 0.3) is 0 Å². The van der Waals surface area contributed by atoms with Crippen molar-refractivity contribution in [1.29, 1.82) is 0 Å².